The molecular formula is C10H6BrF2N3OS. The van der Waals surface area contributed by atoms with Gasteiger partial charge in [0.15, 0.2) is 5.13 Å². The van der Waals surface area contributed by atoms with Gasteiger partial charge in [-0.2, -0.15) is 0 Å². The summed E-state index contributed by atoms with van der Waals surface area (Å²) in [6.45, 7) is 0. The molecular weight excluding hydrogens is 328 g/mol. The number of hydrogen-bond donors (Lipinski definition) is 2. The number of benzene rings is 1. The Labute approximate surface area is 113 Å². The first-order valence-corrected chi connectivity index (χ1v) is 6.31. The van der Waals surface area contributed by atoms with Crippen molar-refractivity contribution in [1.82, 2.24) is 4.98 Å². The molecule has 2 aromatic rings. The largest absolute Gasteiger partial charge is 0.375 e. The zero-order valence-electron chi connectivity index (χ0n) is 8.71. The van der Waals surface area contributed by atoms with E-state index in [1.807, 2.05) is 0 Å². The molecule has 0 saturated carbocycles. The van der Waals surface area contributed by atoms with Crippen molar-refractivity contribution in [3.05, 3.63) is 39.3 Å². The number of hydrogen-bond acceptors (Lipinski definition) is 4. The van der Waals surface area contributed by atoms with Gasteiger partial charge in [-0.3, -0.25) is 4.79 Å². The number of anilines is 2. The number of nitrogen functional groups attached to an aromatic ring is 1. The van der Waals surface area contributed by atoms with Gasteiger partial charge in [0.05, 0.1) is 10.2 Å². The highest BCUT2D eigenvalue weighted by atomic mass is 79.9. The van der Waals surface area contributed by atoms with Crippen LogP contribution in [-0.2, 0) is 0 Å². The van der Waals surface area contributed by atoms with E-state index >= 15 is 0 Å². The molecule has 0 aliphatic heterocycles. The maximum absolute atomic E-state index is 13.4. The second-order valence-electron chi connectivity index (χ2n) is 3.27. The normalized spacial score (nSPS) is 10.4. The molecule has 8 heteroatoms. The van der Waals surface area contributed by atoms with E-state index in [-0.39, 0.29) is 21.0 Å². The van der Waals surface area contributed by atoms with Gasteiger partial charge >= 0.3 is 0 Å². The Kier molecular flexibility index (Phi) is 3.58. The van der Waals surface area contributed by atoms with Gasteiger partial charge in [0.1, 0.15) is 17.3 Å². The summed E-state index contributed by atoms with van der Waals surface area (Å²) in [7, 11) is 0. The number of nitrogens with two attached hydrogens (primary N) is 1. The van der Waals surface area contributed by atoms with Crippen LogP contribution in [0.15, 0.2) is 22.0 Å². The van der Waals surface area contributed by atoms with Crippen molar-refractivity contribution in [2.75, 3.05) is 11.1 Å². The van der Waals surface area contributed by atoms with Gasteiger partial charge in [0.25, 0.3) is 5.91 Å². The zero-order valence-corrected chi connectivity index (χ0v) is 11.1. The number of carbonyl (C=O) groups excluding carboxylic acids is 1. The van der Waals surface area contributed by atoms with Crippen LogP contribution >= 0.6 is 27.3 Å². The van der Waals surface area contributed by atoms with E-state index in [0.717, 1.165) is 17.4 Å². The smallest absolute Gasteiger partial charge is 0.275 e. The maximum Gasteiger partial charge on any atom is 0.275 e. The van der Waals surface area contributed by atoms with Crippen molar-refractivity contribution >= 4 is 44.0 Å². The highest BCUT2D eigenvalue weighted by molar-refractivity contribution is 9.10. The number of nitrogens with one attached hydrogen (secondary N) is 1. The van der Waals surface area contributed by atoms with Crippen LogP contribution in [0.4, 0.5) is 19.6 Å². The van der Waals surface area contributed by atoms with Crippen LogP contribution in [0.25, 0.3) is 0 Å². The minimum absolute atomic E-state index is 0.0528. The number of amides is 1. The van der Waals surface area contributed by atoms with Gasteiger partial charge in [-0.05, 0) is 22.0 Å². The summed E-state index contributed by atoms with van der Waals surface area (Å²) in [4.78, 5) is 15.4. The first-order valence-electron chi connectivity index (χ1n) is 4.64. The van der Waals surface area contributed by atoms with Crippen LogP contribution in [0.2, 0.25) is 0 Å². The fraction of sp³-hybridized carbons (Fsp3) is 0. The number of carbonyl (C=O) groups is 1. The summed E-state index contributed by atoms with van der Waals surface area (Å²) in [6.07, 6.45) is 0. The average molecular weight is 334 g/mol. The minimum Gasteiger partial charge on any atom is -0.375 e. The lowest BCUT2D eigenvalue weighted by atomic mass is 10.3. The molecule has 1 heterocycles. The predicted molar refractivity (Wildman–Crippen MR) is 68.5 cm³/mol. The molecule has 0 saturated heterocycles. The molecule has 0 atom stereocenters. The summed E-state index contributed by atoms with van der Waals surface area (Å²) in [6, 6.07) is 1.81. The summed E-state index contributed by atoms with van der Waals surface area (Å²) < 4.78 is 26.4. The molecule has 18 heavy (non-hydrogen) atoms. The van der Waals surface area contributed by atoms with Crippen LogP contribution in [0.3, 0.4) is 0 Å². The number of thiazole rings is 1. The molecule has 94 valence electrons. The Morgan fingerprint density at radius 1 is 1.39 bits per heavy atom. The second-order valence-corrected chi connectivity index (χ2v) is 5.02. The number of halogens is 3. The fourth-order valence-corrected chi connectivity index (χ4v) is 2.08. The van der Waals surface area contributed by atoms with E-state index < -0.39 is 17.5 Å². The average Bonchev–Trinajstić information content (AvgIpc) is 2.73. The van der Waals surface area contributed by atoms with Crippen molar-refractivity contribution < 1.29 is 13.6 Å². The Hall–Kier alpha value is -1.54. The van der Waals surface area contributed by atoms with E-state index in [2.05, 4.69) is 26.2 Å². The summed E-state index contributed by atoms with van der Waals surface area (Å²) in [5.41, 5.74) is 5.32. The molecule has 0 bridgehead atoms. The van der Waals surface area contributed by atoms with Crippen molar-refractivity contribution in [2.24, 2.45) is 0 Å². The number of nitrogens with zero attached hydrogens (tertiary/aromatic N) is 1. The number of aromatic nitrogens is 1. The molecule has 1 aromatic carbocycles. The second kappa shape index (κ2) is 4.99. The topological polar surface area (TPSA) is 68.0 Å². The molecule has 0 spiro atoms. The highest BCUT2D eigenvalue weighted by Crippen LogP contribution is 2.24. The fourth-order valence-electron chi connectivity index (χ4n) is 1.20. The maximum atomic E-state index is 13.4. The van der Waals surface area contributed by atoms with Gasteiger partial charge in [-0.1, -0.05) is 0 Å². The molecule has 0 aliphatic carbocycles. The van der Waals surface area contributed by atoms with E-state index in [1.165, 1.54) is 5.38 Å². The predicted octanol–water partition coefficient (Wildman–Crippen LogP) is 3.02. The molecule has 2 rings (SSSR count). The standard InChI is InChI=1S/C10H6BrF2N3OS/c11-4-1-7(6(13)2-5(4)12)15-9(17)8-3-18-10(14)16-8/h1-3H,(H2,14,16)(H,15,17). The summed E-state index contributed by atoms with van der Waals surface area (Å²) in [5.74, 6) is -2.23. The first kappa shape index (κ1) is 12.9. The molecule has 0 unspecified atom stereocenters. The van der Waals surface area contributed by atoms with Crippen molar-refractivity contribution in [3.63, 3.8) is 0 Å². The van der Waals surface area contributed by atoms with Gasteiger partial charge in [0.2, 0.25) is 0 Å². The van der Waals surface area contributed by atoms with Gasteiger partial charge in [0, 0.05) is 11.4 Å². The third-order valence-corrected chi connectivity index (χ3v) is 3.29. The monoisotopic (exact) mass is 333 g/mol. The van der Waals surface area contributed by atoms with Crippen LogP contribution in [0.5, 0.6) is 0 Å². The molecule has 4 nitrogen and oxygen atoms in total. The Morgan fingerprint density at radius 2 is 2.11 bits per heavy atom. The molecule has 0 radical (unpaired) electrons. The van der Waals surface area contributed by atoms with Crippen LogP contribution in [0.1, 0.15) is 10.5 Å². The summed E-state index contributed by atoms with van der Waals surface area (Å²) >= 11 is 4.00. The Bertz CT molecular complexity index is 617. The third-order valence-electron chi connectivity index (χ3n) is 2.01. The quantitative estimate of drug-likeness (QED) is 0.830. The zero-order chi connectivity index (χ0) is 13.3. The number of rotatable bonds is 2. The van der Waals surface area contributed by atoms with E-state index in [9.17, 15) is 13.6 Å². The van der Waals surface area contributed by atoms with E-state index in [4.69, 9.17) is 5.73 Å². The van der Waals surface area contributed by atoms with Gasteiger partial charge < -0.3 is 11.1 Å². The van der Waals surface area contributed by atoms with Crippen LogP contribution in [0, 0.1) is 11.6 Å². The molecule has 0 fully saturated rings. The van der Waals surface area contributed by atoms with Crippen molar-refractivity contribution in [3.8, 4) is 0 Å². The van der Waals surface area contributed by atoms with Crippen LogP contribution in [-0.4, -0.2) is 10.9 Å². The molecule has 3 N–H and O–H groups in total. The van der Waals surface area contributed by atoms with Crippen LogP contribution < -0.4 is 11.1 Å². The Balaban J connectivity index is 2.24. The van der Waals surface area contributed by atoms with E-state index in [0.29, 0.717) is 6.07 Å². The minimum atomic E-state index is -0.868. The third kappa shape index (κ3) is 2.65. The summed E-state index contributed by atoms with van der Waals surface area (Å²) in [5, 5.41) is 3.97. The van der Waals surface area contributed by atoms with Gasteiger partial charge in [-0.25, -0.2) is 13.8 Å². The van der Waals surface area contributed by atoms with Crippen molar-refractivity contribution in [2.45, 2.75) is 0 Å². The molecule has 1 aromatic heterocycles. The van der Waals surface area contributed by atoms with Gasteiger partial charge in [-0.15, -0.1) is 11.3 Å². The SMILES string of the molecule is Nc1nc(C(=O)Nc2cc(Br)c(F)cc2F)cs1. The molecule has 0 aliphatic rings. The first-order chi connectivity index (χ1) is 8.47. The molecule has 1 amide bonds. The lowest BCUT2D eigenvalue weighted by molar-refractivity contribution is 0.102. The lowest BCUT2D eigenvalue weighted by Gasteiger charge is -2.06. The van der Waals surface area contributed by atoms with E-state index in [1.54, 1.807) is 0 Å². The van der Waals surface area contributed by atoms with Crippen molar-refractivity contribution in [1.29, 1.82) is 0 Å². The lowest BCUT2D eigenvalue weighted by Crippen LogP contribution is -2.13. The Morgan fingerprint density at radius 3 is 2.72 bits per heavy atom. The highest BCUT2D eigenvalue weighted by Gasteiger charge is 2.14.